The minimum Gasteiger partial charge on any atom is -0.365 e. The monoisotopic (exact) mass is 220 g/mol. The van der Waals surface area contributed by atoms with Gasteiger partial charge >= 0.3 is 0 Å². The topological polar surface area (TPSA) is 94.0 Å². The molecule has 2 unspecified atom stereocenters. The molecule has 86 valence electrons. The summed E-state index contributed by atoms with van der Waals surface area (Å²) in [7, 11) is 0. The van der Waals surface area contributed by atoms with Crippen LogP contribution in [0.1, 0.15) is 29.6 Å². The highest BCUT2D eigenvalue weighted by molar-refractivity contribution is 5.97. The van der Waals surface area contributed by atoms with Gasteiger partial charge in [0.05, 0.1) is 5.56 Å². The van der Waals surface area contributed by atoms with Crippen molar-refractivity contribution in [2.75, 3.05) is 5.32 Å². The number of amides is 1. The van der Waals surface area contributed by atoms with Crippen LogP contribution >= 0.6 is 0 Å². The van der Waals surface area contributed by atoms with Crippen LogP contribution in [0.25, 0.3) is 0 Å². The van der Waals surface area contributed by atoms with Crippen molar-refractivity contribution in [3.8, 4) is 0 Å². The Bertz CT molecular complexity index is 393. The first-order chi connectivity index (χ1) is 7.68. The molecule has 1 heterocycles. The number of aromatic nitrogens is 1. The summed E-state index contributed by atoms with van der Waals surface area (Å²) < 4.78 is 0. The number of nitrogens with zero attached hydrogens (tertiary/aromatic N) is 1. The van der Waals surface area contributed by atoms with Gasteiger partial charge in [0.2, 0.25) is 0 Å². The zero-order valence-electron chi connectivity index (χ0n) is 9.02. The smallest absolute Gasteiger partial charge is 0.252 e. The zero-order chi connectivity index (χ0) is 11.5. The van der Waals surface area contributed by atoms with E-state index in [0.29, 0.717) is 11.4 Å². The molecule has 5 nitrogen and oxygen atoms in total. The van der Waals surface area contributed by atoms with E-state index in [1.807, 2.05) is 0 Å². The van der Waals surface area contributed by atoms with Gasteiger partial charge in [0.1, 0.15) is 5.82 Å². The lowest BCUT2D eigenvalue weighted by atomic mass is 10.1. The van der Waals surface area contributed by atoms with Crippen LogP contribution in [0, 0.1) is 0 Å². The van der Waals surface area contributed by atoms with Gasteiger partial charge in [0.15, 0.2) is 0 Å². The summed E-state index contributed by atoms with van der Waals surface area (Å²) in [5.74, 6) is 0.0690. The molecule has 1 saturated carbocycles. The lowest BCUT2D eigenvalue weighted by molar-refractivity contribution is 0.100. The molecule has 1 aliphatic rings. The maximum atomic E-state index is 11.2. The second-order valence-corrected chi connectivity index (χ2v) is 4.11. The van der Waals surface area contributed by atoms with Gasteiger partial charge in [-0.2, -0.15) is 0 Å². The molecule has 2 atom stereocenters. The summed E-state index contributed by atoms with van der Waals surface area (Å²) in [4.78, 5) is 15.3. The van der Waals surface area contributed by atoms with Gasteiger partial charge in [-0.3, -0.25) is 4.79 Å². The third-order valence-corrected chi connectivity index (χ3v) is 2.96. The second kappa shape index (κ2) is 4.49. The first kappa shape index (κ1) is 10.9. The van der Waals surface area contributed by atoms with Crippen molar-refractivity contribution < 1.29 is 4.79 Å². The Hall–Kier alpha value is -1.62. The van der Waals surface area contributed by atoms with Gasteiger partial charge in [-0.05, 0) is 31.4 Å². The largest absolute Gasteiger partial charge is 0.365 e. The van der Waals surface area contributed by atoms with Crippen molar-refractivity contribution in [2.24, 2.45) is 11.5 Å². The maximum absolute atomic E-state index is 11.2. The fourth-order valence-electron chi connectivity index (χ4n) is 2.06. The molecule has 5 N–H and O–H groups in total. The Morgan fingerprint density at radius 3 is 2.94 bits per heavy atom. The molecule has 1 aliphatic carbocycles. The number of hydrogen-bond acceptors (Lipinski definition) is 4. The van der Waals surface area contributed by atoms with Gasteiger partial charge in [-0.25, -0.2) is 4.98 Å². The molecule has 1 fully saturated rings. The number of hydrogen-bond donors (Lipinski definition) is 3. The standard InChI is InChI=1S/C11H16N4O/c12-8-4-1-5-9(8)15-11-7(10(13)16)3-2-6-14-11/h2-3,6,8-9H,1,4-5,12H2,(H2,13,16)(H,14,15). The van der Waals surface area contributed by atoms with Crippen molar-refractivity contribution >= 4 is 11.7 Å². The highest BCUT2D eigenvalue weighted by atomic mass is 16.1. The predicted molar refractivity (Wildman–Crippen MR) is 62.0 cm³/mol. The van der Waals surface area contributed by atoms with Gasteiger partial charge in [0, 0.05) is 18.3 Å². The van der Waals surface area contributed by atoms with E-state index >= 15 is 0 Å². The van der Waals surface area contributed by atoms with Crippen molar-refractivity contribution in [3.63, 3.8) is 0 Å². The summed E-state index contributed by atoms with van der Waals surface area (Å²) in [6, 6.07) is 3.67. The minimum atomic E-state index is -0.470. The summed E-state index contributed by atoms with van der Waals surface area (Å²) >= 11 is 0. The van der Waals surface area contributed by atoms with Crippen molar-refractivity contribution in [2.45, 2.75) is 31.3 Å². The van der Waals surface area contributed by atoms with E-state index in [1.165, 1.54) is 0 Å². The molecule has 5 heteroatoms. The Morgan fingerprint density at radius 1 is 1.50 bits per heavy atom. The number of carbonyl (C=O) groups is 1. The van der Waals surface area contributed by atoms with Crippen LogP contribution < -0.4 is 16.8 Å². The molecule has 2 rings (SSSR count). The Balaban J connectivity index is 2.17. The summed E-state index contributed by atoms with van der Waals surface area (Å²) in [6.07, 6.45) is 4.76. The maximum Gasteiger partial charge on any atom is 0.252 e. The summed E-state index contributed by atoms with van der Waals surface area (Å²) in [6.45, 7) is 0. The van der Waals surface area contributed by atoms with Crippen molar-refractivity contribution in [1.29, 1.82) is 0 Å². The second-order valence-electron chi connectivity index (χ2n) is 4.11. The summed E-state index contributed by atoms with van der Waals surface area (Å²) in [5, 5.41) is 3.20. The van der Waals surface area contributed by atoms with E-state index in [2.05, 4.69) is 10.3 Å². The minimum absolute atomic E-state index is 0.128. The van der Waals surface area contributed by atoms with Gasteiger partial charge in [0.25, 0.3) is 5.91 Å². The van der Waals surface area contributed by atoms with E-state index in [9.17, 15) is 4.79 Å². The number of rotatable bonds is 3. The normalized spacial score (nSPS) is 24.3. The molecule has 0 spiro atoms. The van der Waals surface area contributed by atoms with Gasteiger partial charge in [-0.1, -0.05) is 0 Å². The number of nitrogens with two attached hydrogens (primary N) is 2. The molecule has 0 radical (unpaired) electrons. The Labute approximate surface area is 94.2 Å². The number of anilines is 1. The number of primary amides is 1. The molecular weight excluding hydrogens is 204 g/mol. The number of carbonyl (C=O) groups excluding carboxylic acids is 1. The predicted octanol–water partition coefficient (Wildman–Crippen LogP) is 0.472. The highest BCUT2D eigenvalue weighted by Crippen LogP contribution is 2.22. The summed E-state index contributed by atoms with van der Waals surface area (Å²) in [5.41, 5.74) is 11.6. The van der Waals surface area contributed by atoms with Crippen LogP contribution in [0.4, 0.5) is 5.82 Å². The molecule has 0 saturated heterocycles. The molecule has 0 aliphatic heterocycles. The number of pyridine rings is 1. The molecule has 0 bridgehead atoms. The molecule has 1 amide bonds. The first-order valence-corrected chi connectivity index (χ1v) is 5.45. The lowest BCUT2D eigenvalue weighted by Gasteiger charge is -2.18. The average Bonchev–Trinajstić information content (AvgIpc) is 2.65. The first-order valence-electron chi connectivity index (χ1n) is 5.45. The third kappa shape index (κ3) is 2.14. The molecule has 0 aromatic carbocycles. The fraction of sp³-hybridized carbons (Fsp3) is 0.455. The highest BCUT2D eigenvalue weighted by Gasteiger charge is 2.25. The van der Waals surface area contributed by atoms with Crippen molar-refractivity contribution in [3.05, 3.63) is 23.9 Å². The van der Waals surface area contributed by atoms with Crippen LogP contribution in [0.2, 0.25) is 0 Å². The number of nitrogens with one attached hydrogen (secondary N) is 1. The molecular formula is C11H16N4O. The fourth-order valence-corrected chi connectivity index (χ4v) is 2.06. The van der Waals surface area contributed by atoms with E-state index < -0.39 is 5.91 Å². The van der Waals surface area contributed by atoms with Crippen LogP contribution in [0.15, 0.2) is 18.3 Å². The lowest BCUT2D eigenvalue weighted by Crippen LogP contribution is -2.36. The Kier molecular flexibility index (Phi) is 3.05. The SMILES string of the molecule is NC(=O)c1cccnc1NC1CCCC1N. The van der Waals surface area contributed by atoms with Crippen LogP contribution in [0.5, 0.6) is 0 Å². The quantitative estimate of drug-likeness (QED) is 0.690. The van der Waals surface area contributed by atoms with E-state index in [1.54, 1.807) is 18.3 Å². The van der Waals surface area contributed by atoms with E-state index in [4.69, 9.17) is 11.5 Å². The average molecular weight is 220 g/mol. The molecule has 1 aromatic rings. The van der Waals surface area contributed by atoms with Crippen LogP contribution in [-0.2, 0) is 0 Å². The van der Waals surface area contributed by atoms with Crippen LogP contribution in [0.3, 0.4) is 0 Å². The molecule has 16 heavy (non-hydrogen) atoms. The van der Waals surface area contributed by atoms with Crippen LogP contribution in [-0.4, -0.2) is 23.0 Å². The van der Waals surface area contributed by atoms with Crippen molar-refractivity contribution in [1.82, 2.24) is 4.98 Å². The van der Waals surface area contributed by atoms with Gasteiger partial charge < -0.3 is 16.8 Å². The Morgan fingerprint density at radius 2 is 2.31 bits per heavy atom. The molecule has 1 aromatic heterocycles. The van der Waals surface area contributed by atoms with E-state index in [0.717, 1.165) is 19.3 Å². The zero-order valence-corrected chi connectivity index (χ0v) is 9.02. The third-order valence-electron chi connectivity index (χ3n) is 2.96. The van der Waals surface area contributed by atoms with E-state index in [-0.39, 0.29) is 12.1 Å². The van der Waals surface area contributed by atoms with Gasteiger partial charge in [-0.15, -0.1) is 0 Å².